The molecule has 0 aliphatic heterocycles. The molecule has 0 bridgehead atoms. The molecule has 0 aromatic rings. The van der Waals surface area contributed by atoms with E-state index in [1.165, 1.54) is 0 Å². The quantitative estimate of drug-likeness (QED) is 0.603. The number of halogens is 1. The summed E-state index contributed by atoms with van der Waals surface area (Å²) in [5, 5.41) is 0. The second-order valence-corrected chi connectivity index (χ2v) is 6.80. The predicted molar refractivity (Wildman–Crippen MR) is 62.3 cm³/mol. The lowest BCUT2D eigenvalue weighted by Crippen LogP contribution is -2.13. The van der Waals surface area contributed by atoms with E-state index in [0.717, 1.165) is 25.7 Å². The number of rotatable bonds is 4. The van der Waals surface area contributed by atoms with E-state index in [1.807, 2.05) is 0 Å². The van der Waals surface area contributed by atoms with E-state index in [4.69, 9.17) is 0 Å². The first-order chi connectivity index (χ1) is 6.10. The summed E-state index contributed by atoms with van der Waals surface area (Å²) >= 11 is 0. The Balaban J connectivity index is 3.62. The molecule has 0 N–H and O–H groups in total. The molecule has 0 spiro atoms. The van der Waals surface area contributed by atoms with Crippen LogP contribution in [0.4, 0.5) is 4.39 Å². The lowest BCUT2D eigenvalue weighted by Gasteiger charge is -2.22. The van der Waals surface area contributed by atoms with Crippen molar-refractivity contribution in [3.8, 4) is 0 Å². The maximum Gasteiger partial charge on any atom is 0.100 e. The highest BCUT2D eigenvalue weighted by molar-refractivity contribution is 4.69. The maximum atomic E-state index is 13.5. The van der Waals surface area contributed by atoms with Crippen LogP contribution in [0.2, 0.25) is 0 Å². The van der Waals surface area contributed by atoms with Crippen molar-refractivity contribution in [3.05, 3.63) is 0 Å². The molecule has 0 aromatic carbocycles. The molecule has 0 radical (unpaired) electrons. The molecule has 0 rings (SSSR count). The Morgan fingerprint density at radius 3 is 1.29 bits per heavy atom. The van der Waals surface area contributed by atoms with E-state index in [9.17, 15) is 4.39 Å². The van der Waals surface area contributed by atoms with E-state index in [1.54, 1.807) is 0 Å². The molecule has 0 aliphatic rings. The molecule has 0 aliphatic carbocycles. The van der Waals surface area contributed by atoms with Crippen molar-refractivity contribution in [2.75, 3.05) is 0 Å². The van der Waals surface area contributed by atoms with Crippen molar-refractivity contribution in [2.24, 2.45) is 10.8 Å². The Morgan fingerprint density at radius 2 is 1.07 bits per heavy atom. The summed E-state index contributed by atoms with van der Waals surface area (Å²) in [7, 11) is 0. The molecule has 0 aromatic heterocycles. The zero-order valence-corrected chi connectivity index (χ0v) is 10.8. The van der Waals surface area contributed by atoms with Gasteiger partial charge in [-0.2, -0.15) is 0 Å². The molecule has 14 heavy (non-hydrogen) atoms. The number of hydrogen-bond donors (Lipinski definition) is 0. The van der Waals surface area contributed by atoms with Crippen molar-refractivity contribution in [2.45, 2.75) is 73.4 Å². The van der Waals surface area contributed by atoms with Gasteiger partial charge in [-0.1, -0.05) is 41.5 Å². The monoisotopic (exact) mass is 202 g/mol. The van der Waals surface area contributed by atoms with Crippen LogP contribution in [-0.4, -0.2) is 6.17 Å². The van der Waals surface area contributed by atoms with Crippen molar-refractivity contribution in [1.29, 1.82) is 0 Å². The fraction of sp³-hybridized carbons (Fsp3) is 1.00. The molecule has 1 heteroatoms. The van der Waals surface area contributed by atoms with E-state index in [0.29, 0.717) is 0 Å². The van der Waals surface area contributed by atoms with Crippen LogP contribution in [0.25, 0.3) is 0 Å². The SMILES string of the molecule is CC(C)(C)CCC(F)CCC(C)(C)C. The highest BCUT2D eigenvalue weighted by atomic mass is 19.1. The predicted octanol–water partition coefficient (Wildman–Crippen LogP) is 4.98. The van der Waals surface area contributed by atoms with Crippen LogP contribution >= 0.6 is 0 Å². The molecule has 0 fully saturated rings. The maximum absolute atomic E-state index is 13.5. The van der Waals surface area contributed by atoms with E-state index in [2.05, 4.69) is 41.5 Å². The summed E-state index contributed by atoms with van der Waals surface area (Å²) < 4.78 is 13.5. The van der Waals surface area contributed by atoms with E-state index >= 15 is 0 Å². The Morgan fingerprint density at radius 1 is 0.786 bits per heavy atom. The summed E-state index contributed by atoms with van der Waals surface area (Å²) in [6, 6.07) is 0. The second-order valence-electron chi connectivity index (χ2n) is 6.80. The first-order valence-corrected chi connectivity index (χ1v) is 5.74. The van der Waals surface area contributed by atoms with Crippen LogP contribution in [0.3, 0.4) is 0 Å². The summed E-state index contributed by atoms with van der Waals surface area (Å²) in [4.78, 5) is 0. The van der Waals surface area contributed by atoms with E-state index in [-0.39, 0.29) is 10.8 Å². The van der Waals surface area contributed by atoms with Crippen molar-refractivity contribution in [1.82, 2.24) is 0 Å². The van der Waals surface area contributed by atoms with E-state index < -0.39 is 6.17 Å². The van der Waals surface area contributed by atoms with Gasteiger partial charge in [0.1, 0.15) is 6.17 Å². The average Bonchev–Trinajstić information content (AvgIpc) is 1.94. The van der Waals surface area contributed by atoms with Crippen molar-refractivity contribution < 1.29 is 4.39 Å². The average molecular weight is 202 g/mol. The molecular formula is C13H27F. The zero-order chi connectivity index (χ0) is 11.4. The van der Waals surface area contributed by atoms with Gasteiger partial charge in [-0.05, 0) is 36.5 Å². The highest BCUT2D eigenvalue weighted by Crippen LogP contribution is 2.27. The van der Waals surface area contributed by atoms with Gasteiger partial charge < -0.3 is 0 Å². The molecule has 0 unspecified atom stereocenters. The Hall–Kier alpha value is -0.0700. The van der Waals surface area contributed by atoms with Crippen LogP contribution in [0.15, 0.2) is 0 Å². The minimum atomic E-state index is -0.603. The lowest BCUT2D eigenvalue weighted by molar-refractivity contribution is 0.218. The first-order valence-electron chi connectivity index (χ1n) is 5.74. The first kappa shape index (κ1) is 13.9. The van der Waals surface area contributed by atoms with Gasteiger partial charge in [0.15, 0.2) is 0 Å². The second kappa shape index (κ2) is 5.14. The Kier molecular flexibility index (Phi) is 5.11. The van der Waals surface area contributed by atoms with Crippen LogP contribution in [0, 0.1) is 10.8 Å². The highest BCUT2D eigenvalue weighted by Gasteiger charge is 2.17. The lowest BCUT2D eigenvalue weighted by atomic mass is 9.86. The number of hydrogen-bond acceptors (Lipinski definition) is 0. The molecule has 0 heterocycles. The largest absolute Gasteiger partial charge is 0.247 e. The Labute approximate surface area is 89.3 Å². The molecule has 0 nitrogen and oxygen atoms in total. The van der Waals surface area contributed by atoms with Gasteiger partial charge in [0.25, 0.3) is 0 Å². The molecule has 0 saturated heterocycles. The fourth-order valence-corrected chi connectivity index (χ4v) is 1.32. The van der Waals surface area contributed by atoms with Gasteiger partial charge in [0, 0.05) is 0 Å². The fourth-order valence-electron chi connectivity index (χ4n) is 1.32. The third-order valence-corrected chi connectivity index (χ3v) is 2.42. The third kappa shape index (κ3) is 10.0. The molecular weight excluding hydrogens is 175 g/mol. The van der Waals surface area contributed by atoms with Gasteiger partial charge in [-0.3, -0.25) is 0 Å². The smallest absolute Gasteiger partial charge is 0.100 e. The summed E-state index contributed by atoms with van der Waals surface area (Å²) in [5.74, 6) is 0. The summed E-state index contributed by atoms with van der Waals surface area (Å²) in [6.07, 6.45) is 2.81. The number of alkyl halides is 1. The standard InChI is InChI=1S/C13H27F/c1-12(2,3)9-7-11(14)8-10-13(4,5)6/h11H,7-10H2,1-6H3. The topological polar surface area (TPSA) is 0 Å². The molecule has 0 atom stereocenters. The molecule has 0 saturated carbocycles. The summed E-state index contributed by atoms with van der Waals surface area (Å²) in [5.41, 5.74) is 0.540. The minimum Gasteiger partial charge on any atom is -0.247 e. The van der Waals surface area contributed by atoms with Gasteiger partial charge in [0.05, 0.1) is 0 Å². The minimum absolute atomic E-state index is 0.270. The van der Waals surface area contributed by atoms with Gasteiger partial charge in [-0.25, -0.2) is 4.39 Å². The molecule has 86 valence electrons. The van der Waals surface area contributed by atoms with Crippen LogP contribution < -0.4 is 0 Å². The summed E-state index contributed by atoms with van der Waals surface area (Å²) in [6.45, 7) is 13.0. The Bertz CT molecular complexity index is 130. The van der Waals surface area contributed by atoms with Gasteiger partial charge >= 0.3 is 0 Å². The van der Waals surface area contributed by atoms with Crippen molar-refractivity contribution >= 4 is 0 Å². The van der Waals surface area contributed by atoms with Gasteiger partial charge in [0.2, 0.25) is 0 Å². The van der Waals surface area contributed by atoms with Gasteiger partial charge in [-0.15, -0.1) is 0 Å². The van der Waals surface area contributed by atoms with Crippen molar-refractivity contribution in [3.63, 3.8) is 0 Å². The van der Waals surface area contributed by atoms with Crippen LogP contribution in [-0.2, 0) is 0 Å². The normalized spacial score (nSPS) is 13.7. The molecule has 0 amide bonds. The zero-order valence-electron chi connectivity index (χ0n) is 10.8. The third-order valence-electron chi connectivity index (χ3n) is 2.42. The van der Waals surface area contributed by atoms with Crippen LogP contribution in [0.5, 0.6) is 0 Å². The van der Waals surface area contributed by atoms with Crippen LogP contribution in [0.1, 0.15) is 67.2 Å².